The van der Waals surface area contributed by atoms with Crippen molar-refractivity contribution in [2.24, 2.45) is 0 Å². The van der Waals surface area contributed by atoms with E-state index in [0.717, 1.165) is 12.3 Å². The third-order valence-electron chi connectivity index (χ3n) is 1.25. The van der Waals surface area contributed by atoms with Crippen LogP contribution in [0, 0.1) is 0 Å². The summed E-state index contributed by atoms with van der Waals surface area (Å²) in [6.45, 7) is -0.309. The highest BCUT2D eigenvalue weighted by Crippen LogP contribution is 2.08. The van der Waals surface area contributed by atoms with E-state index in [-0.39, 0.29) is 18.9 Å². The lowest BCUT2D eigenvalue weighted by molar-refractivity contribution is 0.281. The van der Waals surface area contributed by atoms with Crippen molar-refractivity contribution in [1.29, 1.82) is 0 Å². The molecule has 0 aliphatic heterocycles. The van der Waals surface area contributed by atoms with E-state index < -0.39 is 10.1 Å². The van der Waals surface area contributed by atoms with Gasteiger partial charge in [0, 0.05) is 12.4 Å². The van der Waals surface area contributed by atoms with Gasteiger partial charge in [-0.3, -0.25) is 9.54 Å². The molecule has 2 N–H and O–H groups in total. The smallest absolute Gasteiger partial charge is 0.296 e. The van der Waals surface area contributed by atoms with Crippen LogP contribution in [0.4, 0.5) is 0 Å². The second-order valence-corrected chi connectivity index (χ2v) is 3.58. The standard InChI is InChI=1S/C6H7NO4S.CH4/c8-4-5-1-6(3-7-2-5)12(9,10)11;/h1-3,8H,4H2,(H,9,10,11);1H4. The number of aromatic nitrogens is 1. The maximum Gasteiger partial charge on any atom is 0.296 e. The summed E-state index contributed by atoms with van der Waals surface area (Å²) in [4.78, 5) is 3.21. The number of aliphatic hydroxyl groups is 1. The van der Waals surface area contributed by atoms with Crippen LogP contribution in [0.15, 0.2) is 23.4 Å². The van der Waals surface area contributed by atoms with Gasteiger partial charge in [0.25, 0.3) is 10.1 Å². The Balaban J connectivity index is 0.00000144. The van der Waals surface area contributed by atoms with Crippen molar-refractivity contribution in [3.8, 4) is 0 Å². The molecule has 0 saturated carbocycles. The first-order chi connectivity index (χ1) is 5.54. The molecule has 0 fully saturated rings. The summed E-state index contributed by atoms with van der Waals surface area (Å²) in [6.07, 6.45) is 2.32. The summed E-state index contributed by atoms with van der Waals surface area (Å²) in [5.74, 6) is 0. The van der Waals surface area contributed by atoms with Gasteiger partial charge in [-0.15, -0.1) is 0 Å². The fourth-order valence-electron chi connectivity index (χ4n) is 0.691. The summed E-state index contributed by atoms with van der Waals surface area (Å²) < 4.78 is 29.6. The van der Waals surface area contributed by atoms with E-state index >= 15 is 0 Å². The van der Waals surface area contributed by atoms with Gasteiger partial charge in [0.2, 0.25) is 0 Å². The van der Waals surface area contributed by atoms with E-state index in [4.69, 9.17) is 9.66 Å². The van der Waals surface area contributed by atoms with Crippen molar-refractivity contribution in [2.75, 3.05) is 0 Å². The first-order valence-corrected chi connectivity index (χ1v) is 4.50. The maximum atomic E-state index is 10.5. The minimum absolute atomic E-state index is 0. The molecule has 1 aromatic heterocycles. The van der Waals surface area contributed by atoms with Crippen molar-refractivity contribution < 1.29 is 18.1 Å². The Bertz CT molecular complexity index is 374. The third kappa shape index (κ3) is 3.10. The monoisotopic (exact) mass is 205 g/mol. The maximum absolute atomic E-state index is 10.5. The Morgan fingerprint density at radius 2 is 2.00 bits per heavy atom. The molecule has 0 radical (unpaired) electrons. The van der Waals surface area contributed by atoms with Crippen molar-refractivity contribution >= 4 is 10.1 Å². The van der Waals surface area contributed by atoms with Crippen LogP contribution in [0.5, 0.6) is 0 Å². The molecular weight excluding hydrogens is 194 g/mol. The summed E-state index contributed by atoms with van der Waals surface area (Å²) in [7, 11) is -4.21. The first kappa shape index (κ1) is 12.0. The van der Waals surface area contributed by atoms with E-state index in [1.165, 1.54) is 6.20 Å². The molecule has 0 bridgehead atoms. The normalized spacial score (nSPS) is 10.6. The fourth-order valence-corrected chi connectivity index (χ4v) is 1.19. The Morgan fingerprint density at radius 1 is 1.38 bits per heavy atom. The number of nitrogens with zero attached hydrogens (tertiary/aromatic N) is 1. The summed E-state index contributed by atoms with van der Waals surface area (Å²) in [5, 5.41) is 8.61. The van der Waals surface area contributed by atoms with Crippen LogP contribution in [0.1, 0.15) is 13.0 Å². The molecule has 74 valence electrons. The predicted octanol–water partition coefficient (Wildman–Crippen LogP) is 0.457. The van der Waals surface area contributed by atoms with Gasteiger partial charge in [0.15, 0.2) is 0 Å². The highest BCUT2D eigenvalue weighted by atomic mass is 32.2. The SMILES string of the molecule is C.O=S(=O)(O)c1cncc(CO)c1. The Labute approximate surface area is 76.8 Å². The molecule has 5 nitrogen and oxygen atoms in total. The van der Waals surface area contributed by atoms with E-state index in [1.807, 2.05) is 0 Å². The van der Waals surface area contributed by atoms with Gasteiger partial charge in [-0.05, 0) is 11.6 Å². The molecule has 0 unspecified atom stereocenters. The van der Waals surface area contributed by atoms with E-state index in [0.29, 0.717) is 5.56 Å². The molecule has 13 heavy (non-hydrogen) atoms. The second-order valence-electron chi connectivity index (χ2n) is 2.16. The minimum atomic E-state index is -4.21. The lowest BCUT2D eigenvalue weighted by Crippen LogP contribution is -1.99. The van der Waals surface area contributed by atoms with E-state index in [1.54, 1.807) is 0 Å². The number of pyridine rings is 1. The van der Waals surface area contributed by atoms with Crippen molar-refractivity contribution in [2.45, 2.75) is 18.9 Å². The predicted molar refractivity (Wildman–Crippen MR) is 46.7 cm³/mol. The van der Waals surface area contributed by atoms with Crippen LogP contribution in [-0.4, -0.2) is 23.1 Å². The van der Waals surface area contributed by atoms with Gasteiger partial charge in [0.1, 0.15) is 4.90 Å². The highest BCUT2D eigenvalue weighted by Gasteiger charge is 2.09. The van der Waals surface area contributed by atoms with Crippen molar-refractivity contribution in [1.82, 2.24) is 4.98 Å². The molecule has 1 heterocycles. The summed E-state index contributed by atoms with van der Waals surface area (Å²) in [6, 6.07) is 1.16. The zero-order valence-corrected chi connectivity index (χ0v) is 6.82. The van der Waals surface area contributed by atoms with Gasteiger partial charge >= 0.3 is 0 Å². The zero-order chi connectivity index (χ0) is 9.19. The van der Waals surface area contributed by atoms with Gasteiger partial charge in [-0.25, -0.2) is 0 Å². The average molecular weight is 205 g/mol. The Kier molecular flexibility index (Phi) is 3.99. The van der Waals surface area contributed by atoms with Gasteiger partial charge in [-0.1, -0.05) is 7.43 Å². The second kappa shape index (κ2) is 4.31. The third-order valence-corrected chi connectivity index (χ3v) is 2.07. The Morgan fingerprint density at radius 3 is 2.46 bits per heavy atom. The molecule has 1 aromatic rings. The van der Waals surface area contributed by atoms with Crippen molar-refractivity contribution in [3.05, 3.63) is 24.0 Å². The molecule has 6 heteroatoms. The van der Waals surface area contributed by atoms with Crippen LogP contribution >= 0.6 is 0 Å². The molecule has 0 amide bonds. The first-order valence-electron chi connectivity index (χ1n) is 3.06. The lowest BCUT2D eigenvalue weighted by Gasteiger charge is -1.97. The van der Waals surface area contributed by atoms with Crippen LogP contribution in [0.2, 0.25) is 0 Å². The molecule has 1 rings (SSSR count). The number of rotatable bonds is 2. The van der Waals surface area contributed by atoms with Gasteiger partial charge in [-0.2, -0.15) is 8.42 Å². The van der Waals surface area contributed by atoms with Gasteiger partial charge in [0.05, 0.1) is 6.61 Å². The molecular formula is C7H11NO4S. The fraction of sp³-hybridized carbons (Fsp3) is 0.286. The largest absolute Gasteiger partial charge is 0.392 e. The van der Waals surface area contributed by atoms with Crippen LogP contribution in [0.3, 0.4) is 0 Å². The van der Waals surface area contributed by atoms with E-state index in [9.17, 15) is 8.42 Å². The molecule has 0 spiro atoms. The molecule has 0 saturated heterocycles. The molecule has 0 atom stereocenters. The topological polar surface area (TPSA) is 87.5 Å². The van der Waals surface area contributed by atoms with Crippen LogP contribution < -0.4 is 0 Å². The quantitative estimate of drug-likeness (QED) is 0.685. The number of hydrogen-bond acceptors (Lipinski definition) is 4. The summed E-state index contributed by atoms with van der Waals surface area (Å²) in [5.41, 5.74) is 0.338. The number of aliphatic hydroxyl groups excluding tert-OH is 1. The lowest BCUT2D eigenvalue weighted by atomic mass is 10.3. The van der Waals surface area contributed by atoms with Crippen LogP contribution in [-0.2, 0) is 16.7 Å². The number of hydrogen-bond donors (Lipinski definition) is 2. The zero-order valence-electron chi connectivity index (χ0n) is 6.01. The van der Waals surface area contributed by atoms with Crippen molar-refractivity contribution in [3.63, 3.8) is 0 Å². The molecule has 0 aromatic carbocycles. The highest BCUT2D eigenvalue weighted by molar-refractivity contribution is 7.85. The Hall–Kier alpha value is -0.980. The van der Waals surface area contributed by atoms with E-state index in [2.05, 4.69) is 4.98 Å². The average Bonchev–Trinajstić information content (AvgIpc) is 2.03. The molecule has 0 aliphatic carbocycles. The molecule has 0 aliphatic rings. The summed E-state index contributed by atoms with van der Waals surface area (Å²) >= 11 is 0. The minimum Gasteiger partial charge on any atom is -0.392 e. The van der Waals surface area contributed by atoms with Gasteiger partial charge < -0.3 is 5.11 Å². The van der Waals surface area contributed by atoms with Crippen LogP contribution in [0.25, 0.3) is 0 Å².